The maximum Gasteiger partial charge on any atom is 0.332 e. The van der Waals surface area contributed by atoms with Gasteiger partial charge in [0.2, 0.25) is 0 Å². The number of carbonyl (C=O) groups excluding carboxylic acids is 3. The van der Waals surface area contributed by atoms with Crippen LogP contribution < -0.4 is 4.74 Å². The molecule has 8 heteroatoms. The van der Waals surface area contributed by atoms with Crippen LogP contribution in [0.5, 0.6) is 11.5 Å². The number of phenolic OH excluding ortho intramolecular Hbond substituents is 1. The van der Waals surface area contributed by atoms with Crippen molar-refractivity contribution in [3.8, 4) is 11.5 Å². The first-order valence-electron chi connectivity index (χ1n) is 22.7. The van der Waals surface area contributed by atoms with E-state index in [0.29, 0.717) is 18.4 Å². The number of rotatable bonds is 38. The molecule has 0 saturated heterocycles. The van der Waals surface area contributed by atoms with E-state index in [1.54, 1.807) is 6.07 Å². The zero-order valence-electron chi connectivity index (χ0n) is 36.2. The van der Waals surface area contributed by atoms with Crippen LogP contribution in [-0.2, 0) is 19.1 Å². The summed E-state index contributed by atoms with van der Waals surface area (Å²) in [6.45, 7) is 3.56. The van der Waals surface area contributed by atoms with Crippen LogP contribution in [0.3, 0.4) is 0 Å². The molecule has 0 bridgehead atoms. The molecule has 3 N–H and O–H groups in total. The van der Waals surface area contributed by atoms with Crippen molar-refractivity contribution in [2.75, 3.05) is 13.7 Å². The minimum absolute atomic E-state index is 0.0561. The second-order valence-corrected chi connectivity index (χ2v) is 15.6. The van der Waals surface area contributed by atoms with E-state index in [9.17, 15) is 29.7 Å². The highest BCUT2D eigenvalue weighted by molar-refractivity contribution is 6.13. The fraction of sp³-hybridized carbons (Fsp3) is 0.694. The first-order chi connectivity index (χ1) is 27.8. The van der Waals surface area contributed by atoms with E-state index in [1.165, 1.54) is 102 Å². The van der Waals surface area contributed by atoms with E-state index < -0.39 is 35.8 Å². The first kappa shape index (κ1) is 51.8. The third-order valence-electron chi connectivity index (χ3n) is 10.7. The van der Waals surface area contributed by atoms with Gasteiger partial charge in [-0.3, -0.25) is 9.59 Å². The lowest BCUT2D eigenvalue weighted by atomic mass is 9.82. The molecular weight excluding hydrogens is 717 g/mol. The van der Waals surface area contributed by atoms with E-state index in [0.717, 1.165) is 83.1 Å². The molecule has 1 aromatic rings. The molecule has 1 aromatic carbocycles. The molecule has 0 radical (unpaired) electrons. The number of aromatic hydroxyl groups is 1. The van der Waals surface area contributed by atoms with E-state index in [-0.39, 0.29) is 24.3 Å². The molecule has 0 spiro atoms. The predicted molar refractivity (Wildman–Crippen MR) is 235 cm³/mol. The highest BCUT2D eigenvalue weighted by Crippen LogP contribution is 2.29. The van der Waals surface area contributed by atoms with Crippen molar-refractivity contribution in [2.24, 2.45) is 0 Å². The average Bonchev–Trinajstić information content (AvgIpc) is 3.21. The summed E-state index contributed by atoms with van der Waals surface area (Å²) in [7, 11) is 1.41. The van der Waals surface area contributed by atoms with Crippen LogP contribution in [0.25, 0.3) is 6.08 Å². The van der Waals surface area contributed by atoms with E-state index in [2.05, 4.69) is 38.2 Å². The van der Waals surface area contributed by atoms with Gasteiger partial charge in [-0.15, -0.1) is 0 Å². The topological polar surface area (TPSA) is 130 Å². The average molecular weight is 797 g/mol. The number of hydrogen-bond acceptors (Lipinski definition) is 8. The SMILES string of the molecule is CCCCCCCCC=CCCCCCCCC(=O)C(OC(=O)C=Cc1ccc(O)c(OC)c1)(C(=O)CCCCCCCC=CCCCCCCCC)C(O)CO. The summed E-state index contributed by atoms with van der Waals surface area (Å²) in [5.41, 5.74) is -1.99. The van der Waals surface area contributed by atoms with Crippen LogP contribution in [0, 0.1) is 0 Å². The molecule has 0 aromatic heterocycles. The molecule has 57 heavy (non-hydrogen) atoms. The molecule has 0 heterocycles. The Hall–Kier alpha value is -3.23. The van der Waals surface area contributed by atoms with Crippen molar-refractivity contribution in [3.05, 3.63) is 54.1 Å². The summed E-state index contributed by atoms with van der Waals surface area (Å²) in [6, 6.07) is 4.50. The quantitative estimate of drug-likeness (QED) is 0.0198. The van der Waals surface area contributed by atoms with Gasteiger partial charge < -0.3 is 24.8 Å². The molecular formula is C49H80O8. The number of esters is 1. The normalized spacial score (nSPS) is 13.4. The number of Topliss-reactive ketones (excluding diaryl/α,β-unsaturated/α-hetero) is 2. The lowest BCUT2D eigenvalue weighted by Gasteiger charge is -2.34. The summed E-state index contributed by atoms with van der Waals surface area (Å²) in [4.78, 5) is 41.0. The summed E-state index contributed by atoms with van der Waals surface area (Å²) in [5.74, 6) is -2.23. The molecule has 0 amide bonds. The second kappa shape index (κ2) is 34.8. The van der Waals surface area contributed by atoms with Crippen molar-refractivity contribution < 1.29 is 39.2 Å². The van der Waals surface area contributed by atoms with Gasteiger partial charge >= 0.3 is 5.97 Å². The van der Waals surface area contributed by atoms with Gasteiger partial charge in [0.15, 0.2) is 23.1 Å². The summed E-state index contributed by atoms with van der Waals surface area (Å²) < 4.78 is 10.8. The molecule has 1 unspecified atom stereocenters. The van der Waals surface area contributed by atoms with Crippen molar-refractivity contribution >= 4 is 23.6 Å². The van der Waals surface area contributed by atoms with Crippen molar-refractivity contribution in [1.29, 1.82) is 0 Å². The van der Waals surface area contributed by atoms with Crippen LogP contribution in [0.15, 0.2) is 48.6 Å². The number of aliphatic hydroxyl groups excluding tert-OH is 2. The number of aliphatic hydroxyl groups is 2. The molecule has 324 valence electrons. The van der Waals surface area contributed by atoms with Crippen LogP contribution >= 0.6 is 0 Å². The molecule has 0 saturated carbocycles. The number of unbranched alkanes of at least 4 members (excludes halogenated alkanes) is 22. The Morgan fingerprint density at radius 3 is 1.44 bits per heavy atom. The van der Waals surface area contributed by atoms with Crippen molar-refractivity contribution in [2.45, 2.75) is 205 Å². The molecule has 1 rings (SSSR count). The minimum Gasteiger partial charge on any atom is -0.504 e. The van der Waals surface area contributed by atoms with Gasteiger partial charge in [-0.1, -0.05) is 147 Å². The molecule has 8 nitrogen and oxygen atoms in total. The minimum atomic E-state index is -2.50. The van der Waals surface area contributed by atoms with Crippen molar-refractivity contribution in [3.63, 3.8) is 0 Å². The van der Waals surface area contributed by atoms with Gasteiger partial charge in [-0.25, -0.2) is 4.79 Å². The number of ketones is 2. The van der Waals surface area contributed by atoms with Crippen LogP contribution in [0.1, 0.15) is 199 Å². The Balaban J connectivity index is 2.74. The largest absolute Gasteiger partial charge is 0.504 e. The van der Waals surface area contributed by atoms with E-state index in [1.807, 2.05) is 0 Å². The maximum absolute atomic E-state index is 13.9. The number of benzene rings is 1. The number of hydrogen-bond donors (Lipinski definition) is 3. The number of methoxy groups -OCH3 is 1. The van der Waals surface area contributed by atoms with Crippen LogP contribution in [0.2, 0.25) is 0 Å². The lowest BCUT2D eigenvalue weighted by Crippen LogP contribution is -2.60. The van der Waals surface area contributed by atoms with E-state index in [4.69, 9.17) is 9.47 Å². The van der Waals surface area contributed by atoms with Gasteiger partial charge in [0.05, 0.1) is 13.7 Å². The van der Waals surface area contributed by atoms with Gasteiger partial charge in [0, 0.05) is 18.9 Å². The zero-order valence-corrected chi connectivity index (χ0v) is 36.2. The predicted octanol–water partition coefficient (Wildman–Crippen LogP) is 12.3. The summed E-state index contributed by atoms with van der Waals surface area (Å²) in [6.07, 6.45) is 38.1. The van der Waals surface area contributed by atoms with Gasteiger partial charge in [0.25, 0.3) is 5.60 Å². The fourth-order valence-electron chi connectivity index (χ4n) is 7.08. The number of carbonyl (C=O) groups is 3. The summed E-state index contributed by atoms with van der Waals surface area (Å²) >= 11 is 0. The fourth-order valence-corrected chi connectivity index (χ4v) is 7.08. The second-order valence-electron chi connectivity index (χ2n) is 15.6. The highest BCUT2D eigenvalue weighted by atomic mass is 16.6. The van der Waals surface area contributed by atoms with Gasteiger partial charge in [0.1, 0.15) is 6.10 Å². The Kier molecular flexibility index (Phi) is 31.6. The van der Waals surface area contributed by atoms with Crippen LogP contribution in [0.4, 0.5) is 0 Å². The third kappa shape index (κ3) is 23.7. The van der Waals surface area contributed by atoms with E-state index >= 15 is 0 Å². The number of ether oxygens (including phenoxy) is 2. The first-order valence-corrected chi connectivity index (χ1v) is 22.7. The Labute approximate surface area is 346 Å². The third-order valence-corrected chi connectivity index (χ3v) is 10.7. The molecule has 0 aliphatic rings. The van der Waals surface area contributed by atoms with Gasteiger partial charge in [-0.2, -0.15) is 0 Å². The van der Waals surface area contributed by atoms with Gasteiger partial charge in [-0.05, 0) is 88.0 Å². The summed E-state index contributed by atoms with van der Waals surface area (Å²) in [5, 5.41) is 31.0. The smallest absolute Gasteiger partial charge is 0.332 e. The Bertz CT molecular complexity index is 1230. The Morgan fingerprint density at radius 1 is 0.632 bits per heavy atom. The standard InChI is InChI=1S/C49H80O8/c1-4-6-8-10-12-14-16-18-20-22-24-26-28-30-32-34-45(52)49(47(54)41-50,57-48(55)39-37-42-36-38-43(51)44(40-42)56-3)46(53)35-33-31-29-27-25-23-21-19-17-15-13-11-9-7-5-2/h18-21,36-40,47,50-51,54H,4-17,22-35,41H2,1-3H3. The maximum atomic E-state index is 13.9. The Morgan fingerprint density at radius 2 is 1.04 bits per heavy atom. The van der Waals surface area contributed by atoms with Crippen molar-refractivity contribution in [1.82, 2.24) is 0 Å². The molecule has 0 fully saturated rings. The monoisotopic (exact) mass is 797 g/mol. The zero-order chi connectivity index (χ0) is 41.8. The highest BCUT2D eigenvalue weighted by Gasteiger charge is 2.53. The number of allylic oxidation sites excluding steroid dienone is 4. The van der Waals surface area contributed by atoms with Crippen LogP contribution in [-0.4, -0.2) is 58.3 Å². The molecule has 1 atom stereocenters. The molecule has 0 aliphatic heterocycles. The number of phenols is 1. The molecule has 0 aliphatic carbocycles. The lowest BCUT2D eigenvalue weighted by molar-refractivity contribution is -0.185.